The van der Waals surface area contributed by atoms with E-state index in [0.717, 1.165) is 27.8 Å². The van der Waals surface area contributed by atoms with E-state index in [0.29, 0.717) is 28.6 Å². The molecule has 1 N–H and O–H groups in total. The number of imide groups is 1. The average molecular weight is 471 g/mol. The molecule has 1 fully saturated rings. The zero-order chi connectivity index (χ0) is 23.8. The van der Waals surface area contributed by atoms with Gasteiger partial charge in [-0.1, -0.05) is 18.2 Å². The largest absolute Gasteiger partial charge is 0.497 e. The molecule has 1 aliphatic rings. The molecule has 174 valence electrons. The standard InChI is InChI=1S/C24H26N2O6S/c1-30-18-8-4-17(5-9-18)15-21-23(28)26(24(29)33-21)13-12-25-22(27)11-7-16-6-10-19(31-2)20(14-16)32-3/h4-6,8-10,14-15H,7,11-13H2,1-3H3,(H,25,27). The van der Waals surface area contributed by atoms with Crippen LogP contribution in [0.15, 0.2) is 47.4 Å². The summed E-state index contributed by atoms with van der Waals surface area (Å²) in [4.78, 5) is 38.6. The van der Waals surface area contributed by atoms with Crippen molar-refractivity contribution in [3.05, 3.63) is 58.5 Å². The summed E-state index contributed by atoms with van der Waals surface area (Å²) in [5.74, 6) is 1.43. The summed E-state index contributed by atoms with van der Waals surface area (Å²) >= 11 is 0.892. The van der Waals surface area contributed by atoms with Gasteiger partial charge in [0.2, 0.25) is 5.91 Å². The van der Waals surface area contributed by atoms with E-state index in [1.165, 1.54) is 0 Å². The lowest BCUT2D eigenvalue weighted by Gasteiger charge is -2.13. The highest BCUT2D eigenvalue weighted by Gasteiger charge is 2.34. The molecule has 0 radical (unpaired) electrons. The molecule has 2 aromatic rings. The molecule has 9 heteroatoms. The van der Waals surface area contributed by atoms with E-state index in [-0.39, 0.29) is 36.6 Å². The van der Waals surface area contributed by atoms with E-state index in [1.54, 1.807) is 45.6 Å². The summed E-state index contributed by atoms with van der Waals surface area (Å²) in [5, 5.41) is 2.42. The molecule has 33 heavy (non-hydrogen) atoms. The lowest BCUT2D eigenvalue weighted by atomic mass is 10.1. The number of benzene rings is 2. The van der Waals surface area contributed by atoms with E-state index in [9.17, 15) is 14.4 Å². The lowest BCUT2D eigenvalue weighted by Crippen LogP contribution is -2.37. The van der Waals surface area contributed by atoms with Crippen molar-refractivity contribution >= 4 is 34.9 Å². The van der Waals surface area contributed by atoms with Gasteiger partial charge in [-0.05, 0) is 59.7 Å². The van der Waals surface area contributed by atoms with Crippen molar-refractivity contribution < 1.29 is 28.6 Å². The van der Waals surface area contributed by atoms with Gasteiger partial charge in [-0.25, -0.2) is 0 Å². The van der Waals surface area contributed by atoms with Crippen LogP contribution in [0.2, 0.25) is 0 Å². The third-order valence-corrected chi connectivity index (χ3v) is 5.94. The number of hydrogen-bond donors (Lipinski definition) is 1. The van der Waals surface area contributed by atoms with Crippen molar-refractivity contribution in [3.8, 4) is 17.2 Å². The third-order valence-electron chi connectivity index (χ3n) is 5.03. The Morgan fingerprint density at radius 1 is 1.00 bits per heavy atom. The van der Waals surface area contributed by atoms with Gasteiger partial charge in [-0.3, -0.25) is 19.3 Å². The summed E-state index contributed by atoms with van der Waals surface area (Å²) in [5.41, 5.74) is 1.74. The summed E-state index contributed by atoms with van der Waals surface area (Å²) in [6.45, 7) is 0.311. The van der Waals surface area contributed by atoms with Gasteiger partial charge in [0.05, 0.1) is 26.2 Å². The first-order chi connectivity index (χ1) is 15.9. The molecule has 0 bridgehead atoms. The highest BCUT2D eigenvalue weighted by molar-refractivity contribution is 8.18. The van der Waals surface area contributed by atoms with Crippen LogP contribution in [0.25, 0.3) is 6.08 Å². The van der Waals surface area contributed by atoms with Gasteiger partial charge in [0.25, 0.3) is 11.1 Å². The Morgan fingerprint density at radius 3 is 2.39 bits per heavy atom. The first kappa shape index (κ1) is 24.2. The predicted octanol–water partition coefficient (Wildman–Crippen LogP) is 3.50. The van der Waals surface area contributed by atoms with E-state index in [1.807, 2.05) is 24.3 Å². The summed E-state index contributed by atoms with van der Waals surface area (Å²) < 4.78 is 15.6. The average Bonchev–Trinajstić information content (AvgIpc) is 3.10. The number of carbonyl (C=O) groups excluding carboxylic acids is 3. The molecule has 3 rings (SSSR count). The second-order valence-electron chi connectivity index (χ2n) is 7.15. The topological polar surface area (TPSA) is 94.2 Å². The smallest absolute Gasteiger partial charge is 0.293 e. The minimum atomic E-state index is -0.361. The van der Waals surface area contributed by atoms with Crippen LogP contribution in [0.5, 0.6) is 17.2 Å². The zero-order valence-corrected chi connectivity index (χ0v) is 19.6. The molecule has 1 saturated heterocycles. The van der Waals surface area contributed by atoms with Crippen LogP contribution in [0.3, 0.4) is 0 Å². The molecule has 0 atom stereocenters. The van der Waals surface area contributed by atoms with Crippen molar-refractivity contribution in [1.29, 1.82) is 0 Å². The van der Waals surface area contributed by atoms with Crippen LogP contribution >= 0.6 is 11.8 Å². The van der Waals surface area contributed by atoms with Crippen LogP contribution in [-0.4, -0.2) is 56.4 Å². The maximum atomic E-state index is 12.6. The molecule has 0 aromatic heterocycles. The minimum absolute atomic E-state index is 0.118. The summed E-state index contributed by atoms with van der Waals surface area (Å²) in [7, 11) is 4.71. The fourth-order valence-electron chi connectivity index (χ4n) is 3.23. The molecule has 8 nitrogen and oxygen atoms in total. The van der Waals surface area contributed by atoms with Gasteiger partial charge in [0.1, 0.15) is 5.75 Å². The molecule has 0 spiro atoms. The maximum Gasteiger partial charge on any atom is 0.293 e. The normalized spacial score (nSPS) is 14.5. The first-order valence-corrected chi connectivity index (χ1v) is 11.1. The predicted molar refractivity (Wildman–Crippen MR) is 127 cm³/mol. The van der Waals surface area contributed by atoms with E-state index >= 15 is 0 Å². The SMILES string of the molecule is COc1ccc(C=C2SC(=O)N(CCNC(=O)CCc3ccc(OC)c(OC)c3)C2=O)cc1. The quantitative estimate of drug-likeness (QED) is 0.531. The number of rotatable bonds is 10. The Bertz CT molecular complexity index is 1050. The zero-order valence-electron chi connectivity index (χ0n) is 18.8. The van der Waals surface area contributed by atoms with Crippen LogP contribution < -0.4 is 19.5 Å². The van der Waals surface area contributed by atoms with Gasteiger partial charge >= 0.3 is 0 Å². The number of carbonyl (C=O) groups is 3. The highest BCUT2D eigenvalue weighted by Crippen LogP contribution is 2.32. The number of hydrogen-bond acceptors (Lipinski definition) is 7. The maximum absolute atomic E-state index is 12.6. The number of thioether (sulfide) groups is 1. The van der Waals surface area contributed by atoms with Crippen molar-refractivity contribution in [2.75, 3.05) is 34.4 Å². The number of nitrogens with one attached hydrogen (secondary N) is 1. The molecule has 0 unspecified atom stereocenters. The first-order valence-electron chi connectivity index (χ1n) is 10.3. The number of nitrogens with zero attached hydrogens (tertiary/aromatic N) is 1. The Morgan fingerprint density at radius 2 is 1.73 bits per heavy atom. The van der Waals surface area contributed by atoms with Crippen LogP contribution in [0, 0.1) is 0 Å². The second kappa shape index (κ2) is 11.4. The molecule has 0 saturated carbocycles. The Kier molecular flexibility index (Phi) is 8.37. The molecular weight excluding hydrogens is 444 g/mol. The van der Waals surface area contributed by atoms with E-state index < -0.39 is 0 Å². The van der Waals surface area contributed by atoms with Crippen LogP contribution in [0.1, 0.15) is 17.5 Å². The van der Waals surface area contributed by atoms with Crippen molar-refractivity contribution in [2.24, 2.45) is 0 Å². The summed E-state index contributed by atoms with van der Waals surface area (Å²) in [6.07, 6.45) is 2.47. The summed E-state index contributed by atoms with van der Waals surface area (Å²) in [6, 6.07) is 12.7. The third kappa shape index (κ3) is 6.29. The fraction of sp³-hybridized carbons (Fsp3) is 0.292. The van der Waals surface area contributed by atoms with E-state index in [2.05, 4.69) is 5.32 Å². The van der Waals surface area contributed by atoms with Gasteiger partial charge < -0.3 is 19.5 Å². The molecule has 1 heterocycles. The van der Waals surface area contributed by atoms with Gasteiger partial charge in [-0.2, -0.15) is 0 Å². The second-order valence-corrected chi connectivity index (χ2v) is 8.14. The fourth-order valence-corrected chi connectivity index (χ4v) is 4.10. The van der Waals surface area contributed by atoms with E-state index in [4.69, 9.17) is 14.2 Å². The molecule has 2 aromatic carbocycles. The molecular formula is C24H26N2O6S. The number of ether oxygens (including phenoxy) is 3. The number of amides is 3. The Balaban J connectivity index is 1.47. The monoisotopic (exact) mass is 470 g/mol. The molecule has 0 aliphatic carbocycles. The minimum Gasteiger partial charge on any atom is -0.497 e. The Labute approximate surface area is 196 Å². The number of methoxy groups -OCH3 is 3. The molecule has 3 amide bonds. The van der Waals surface area contributed by atoms with Gasteiger partial charge in [0, 0.05) is 19.5 Å². The molecule has 1 aliphatic heterocycles. The van der Waals surface area contributed by atoms with Gasteiger partial charge in [-0.15, -0.1) is 0 Å². The van der Waals surface area contributed by atoms with Crippen molar-refractivity contribution in [2.45, 2.75) is 12.8 Å². The Hall–Kier alpha value is -3.46. The van der Waals surface area contributed by atoms with Crippen molar-refractivity contribution in [3.63, 3.8) is 0 Å². The van der Waals surface area contributed by atoms with Crippen LogP contribution in [-0.2, 0) is 16.0 Å². The van der Waals surface area contributed by atoms with Crippen molar-refractivity contribution in [1.82, 2.24) is 10.2 Å². The van der Waals surface area contributed by atoms with Crippen LogP contribution in [0.4, 0.5) is 4.79 Å². The number of aryl methyl sites for hydroxylation is 1. The lowest BCUT2D eigenvalue weighted by molar-refractivity contribution is -0.124. The highest BCUT2D eigenvalue weighted by atomic mass is 32.2. The van der Waals surface area contributed by atoms with Gasteiger partial charge in [0.15, 0.2) is 11.5 Å².